The van der Waals surface area contributed by atoms with Gasteiger partial charge in [-0.1, -0.05) is 13.8 Å². The molecule has 4 nitrogen and oxygen atoms in total. The lowest BCUT2D eigenvalue weighted by molar-refractivity contribution is 0.0941. The highest BCUT2D eigenvalue weighted by atomic mass is 16.5. The van der Waals surface area contributed by atoms with E-state index in [0.717, 1.165) is 24.4 Å². The van der Waals surface area contributed by atoms with Gasteiger partial charge in [0, 0.05) is 11.7 Å². The average Bonchev–Trinajstić information content (AvgIpc) is 2.39. The van der Waals surface area contributed by atoms with Crippen LogP contribution in [0.5, 0.6) is 5.75 Å². The maximum atomic E-state index is 5.77. The van der Waals surface area contributed by atoms with E-state index in [1.165, 1.54) is 0 Å². The van der Waals surface area contributed by atoms with Crippen molar-refractivity contribution < 1.29 is 4.74 Å². The van der Waals surface area contributed by atoms with Gasteiger partial charge in [0.1, 0.15) is 5.75 Å². The van der Waals surface area contributed by atoms with Gasteiger partial charge in [-0.05, 0) is 59.5 Å². The highest BCUT2D eigenvalue weighted by molar-refractivity contribution is 5.28. The Balaban J connectivity index is 3.09. The van der Waals surface area contributed by atoms with Gasteiger partial charge in [-0.25, -0.2) is 0 Å². The monoisotopic (exact) mass is 293 g/mol. The van der Waals surface area contributed by atoms with Crippen LogP contribution < -0.4 is 10.1 Å². The Morgan fingerprint density at radius 3 is 2.33 bits per heavy atom. The van der Waals surface area contributed by atoms with Gasteiger partial charge in [-0.15, -0.1) is 0 Å². The smallest absolute Gasteiger partial charge is 0.138 e. The molecule has 0 saturated carbocycles. The van der Waals surface area contributed by atoms with E-state index in [2.05, 4.69) is 49.0 Å². The minimum absolute atomic E-state index is 0.00359. The Kier molecular flexibility index (Phi) is 6.62. The van der Waals surface area contributed by atoms with Crippen LogP contribution >= 0.6 is 0 Å². The Bertz CT molecular complexity index is 428. The van der Waals surface area contributed by atoms with Gasteiger partial charge in [0.25, 0.3) is 0 Å². The fourth-order valence-electron chi connectivity index (χ4n) is 3.08. The van der Waals surface area contributed by atoms with E-state index in [0.29, 0.717) is 0 Å². The molecule has 0 aliphatic rings. The summed E-state index contributed by atoms with van der Waals surface area (Å²) in [7, 11) is 2.01. The molecule has 4 heteroatoms. The van der Waals surface area contributed by atoms with E-state index in [4.69, 9.17) is 4.74 Å². The quantitative estimate of drug-likeness (QED) is 0.798. The van der Waals surface area contributed by atoms with Gasteiger partial charge in [-0.3, -0.25) is 9.88 Å². The minimum atomic E-state index is -0.00359. The van der Waals surface area contributed by atoms with Crippen LogP contribution in [0.2, 0.25) is 0 Å². The van der Waals surface area contributed by atoms with E-state index < -0.39 is 0 Å². The van der Waals surface area contributed by atoms with Gasteiger partial charge >= 0.3 is 0 Å². The van der Waals surface area contributed by atoms with Gasteiger partial charge in [-0.2, -0.15) is 0 Å². The number of likely N-dealkylation sites (N-methyl/N-ethyl adjacent to an activating group) is 2. The number of aromatic nitrogens is 1. The fraction of sp³-hybridized carbons (Fsp3) is 0.706. The summed E-state index contributed by atoms with van der Waals surface area (Å²) in [5.74, 6) is 0.832. The van der Waals surface area contributed by atoms with Crippen LogP contribution in [0.3, 0.4) is 0 Å². The molecule has 0 bridgehead atoms. The summed E-state index contributed by atoms with van der Waals surface area (Å²) in [5, 5.41) is 3.45. The normalized spacial score (nSPS) is 13.8. The van der Waals surface area contributed by atoms with E-state index in [9.17, 15) is 0 Å². The zero-order chi connectivity index (χ0) is 16.0. The Hall–Kier alpha value is -1.13. The first kappa shape index (κ1) is 17.9. The molecule has 21 heavy (non-hydrogen) atoms. The maximum absolute atomic E-state index is 5.77. The molecule has 0 amide bonds. The topological polar surface area (TPSA) is 37.4 Å². The molecule has 1 aromatic heterocycles. The molecule has 0 spiro atoms. The molecule has 0 saturated heterocycles. The molecule has 1 heterocycles. The third kappa shape index (κ3) is 4.42. The van der Waals surface area contributed by atoms with Crippen molar-refractivity contribution in [1.29, 1.82) is 0 Å². The lowest BCUT2D eigenvalue weighted by Gasteiger charge is -2.43. The molecule has 0 fully saturated rings. The van der Waals surface area contributed by atoms with Crippen LogP contribution in [0.1, 0.15) is 53.1 Å². The third-order valence-electron chi connectivity index (χ3n) is 4.01. The second kappa shape index (κ2) is 7.76. The van der Waals surface area contributed by atoms with E-state index >= 15 is 0 Å². The molecule has 1 aromatic rings. The Morgan fingerprint density at radius 1 is 1.24 bits per heavy atom. The predicted octanol–water partition coefficient (Wildman–Crippen LogP) is 3.25. The molecule has 0 aliphatic heterocycles. The Labute approximate surface area is 129 Å². The molecule has 1 N–H and O–H groups in total. The van der Waals surface area contributed by atoms with Crippen LogP contribution in [-0.2, 0) is 0 Å². The number of rotatable bonds is 8. The first-order valence-corrected chi connectivity index (χ1v) is 7.90. The number of nitrogens with zero attached hydrogens (tertiary/aromatic N) is 2. The first-order chi connectivity index (χ1) is 9.86. The summed E-state index contributed by atoms with van der Waals surface area (Å²) in [4.78, 5) is 6.81. The maximum Gasteiger partial charge on any atom is 0.138 e. The first-order valence-electron chi connectivity index (χ1n) is 7.90. The van der Waals surface area contributed by atoms with Crippen molar-refractivity contribution in [1.82, 2.24) is 15.2 Å². The highest BCUT2D eigenvalue weighted by Crippen LogP contribution is 2.31. The zero-order valence-corrected chi connectivity index (χ0v) is 14.6. The van der Waals surface area contributed by atoms with E-state index in [-0.39, 0.29) is 17.7 Å². The van der Waals surface area contributed by atoms with Crippen molar-refractivity contribution in [3.63, 3.8) is 0 Å². The second-order valence-corrected chi connectivity index (χ2v) is 6.17. The number of hydrogen-bond donors (Lipinski definition) is 1. The van der Waals surface area contributed by atoms with Gasteiger partial charge in [0.05, 0.1) is 18.3 Å². The van der Waals surface area contributed by atoms with Crippen LogP contribution in [-0.4, -0.2) is 41.7 Å². The Morgan fingerprint density at radius 2 is 1.86 bits per heavy atom. The number of ether oxygens (including phenoxy) is 1. The highest BCUT2D eigenvalue weighted by Gasteiger charge is 2.34. The molecule has 120 valence electrons. The van der Waals surface area contributed by atoms with Gasteiger partial charge < -0.3 is 10.1 Å². The van der Waals surface area contributed by atoms with E-state index in [1.807, 2.05) is 27.1 Å². The van der Waals surface area contributed by atoms with Gasteiger partial charge in [0.2, 0.25) is 0 Å². The molecular formula is C17H31N3O. The molecular weight excluding hydrogens is 262 g/mol. The largest absolute Gasteiger partial charge is 0.489 e. The lowest BCUT2D eigenvalue weighted by atomic mass is 9.87. The fourth-order valence-corrected chi connectivity index (χ4v) is 3.08. The minimum Gasteiger partial charge on any atom is -0.489 e. The molecule has 1 rings (SSSR count). The molecule has 0 aromatic carbocycles. The summed E-state index contributed by atoms with van der Waals surface area (Å²) < 4.78 is 5.77. The third-order valence-corrected chi connectivity index (χ3v) is 4.01. The number of hydrogen-bond acceptors (Lipinski definition) is 4. The van der Waals surface area contributed by atoms with E-state index in [1.54, 1.807) is 6.20 Å². The van der Waals surface area contributed by atoms with Crippen molar-refractivity contribution in [2.24, 2.45) is 0 Å². The van der Waals surface area contributed by atoms with Crippen molar-refractivity contribution in [3.8, 4) is 5.75 Å². The SMILES string of the molecule is CCN(CC)C(C)(C)C(NC)c1cncc(OC(C)C)c1. The van der Waals surface area contributed by atoms with Crippen molar-refractivity contribution in [3.05, 3.63) is 24.0 Å². The summed E-state index contributed by atoms with van der Waals surface area (Å²) in [6.07, 6.45) is 3.87. The van der Waals surface area contributed by atoms with Gasteiger partial charge in [0.15, 0.2) is 0 Å². The van der Waals surface area contributed by atoms with Crippen molar-refractivity contribution >= 4 is 0 Å². The average molecular weight is 293 g/mol. The molecule has 1 atom stereocenters. The number of pyridine rings is 1. The zero-order valence-electron chi connectivity index (χ0n) is 14.6. The summed E-state index contributed by atoms with van der Waals surface area (Å²) in [6, 6.07) is 2.29. The van der Waals surface area contributed by atoms with Crippen molar-refractivity contribution in [2.75, 3.05) is 20.1 Å². The van der Waals surface area contributed by atoms with Crippen LogP contribution in [0.15, 0.2) is 18.5 Å². The van der Waals surface area contributed by atoms with Crippen LogP contribution in [0.25, 0.3) is 0 Å². The summed E-state index contributed by atoms with van der Waals surface area (Å²) in [6.45, 7) is 15.1. The molecule has 0 aliphatic carbocycles. The standard InChI is InChI=1S/C17H31N3O/c1-8-20(9-2)17(5,6)16(18-7)14-10-15(12-19-11-14)21-13(3)4/h10-13,16,18H,8-9H2,1-7H3. The second-order valence-electron chi connectivity index (χ2n) is 6.17. The molecule has 1 unspecified atom stereocenters. The van der Waals surface area contributed by atoms with Crippen molar-refractivity contribution in [2.45, 2.75) is 59.2 Å². The number of nitrogens with one attached hydrogen (secondary N) is 1. The predicted molar refractivity (Wildman–Crippen MR) is 88.8 cm³/mol. The molecule has 0 radical (unpaired) electrons. The lowest BCUT2D eigenvalue weighted by Crippen LogP contribution is -2.52. The van der Waals surface area contributed by atoms with Crippen LogP contribution in [0.4, 0.5) is 0 Å². The summed E-state index contributed by atoms with van der Waals surface area (Å²) in [5.41, 5.74) is 1.16. The van der Waals surface area contributed by atoms with Crippen LogP contribution in [0, 0.1) is 0 Å². The summed E-state index contributed by atoms with van der Waals surface area (Å²) >= 11 is 0.